The van der Waals surface area contributed by atoms with Gasteiger partial charge in [-0.3, -0.25) is 14.5 Å². The van der Waals surface area contributed by atoms with Crippen molar-refractivity contribution in [3.8, 4) is 0 Å². The fourth-order valence-electron chi connectivity index (χ4n) is 4.79. The van der Waals surface area contributed by atoms with Gasteiger partial charge in [-0.15, -0.1) is 0 Å². The van der Waals surface area contributed by atoms with E-state index in [1.807, 2.05) is 9.80 Å². The Morgan fingerprint density at radius 3 is 2.08 bits per heavy atom. The third-order valence-electron chi connectivity index (χ3n) is 6.67. The van der Waals surface area contributed by atoms with Crippen LogP contribution in [0.25, 0.3) is 0 Å². The second-order valence-corrected chi connectivity index (χ2v) is 9.50. The molecule has 148 valence electrons. The van der Waals surface area contributed by atoms with Crippen LogP contribution in [-0.2, 0) is 9.59 Å². The maximum Gasteiger partial charge on any atom is 0.227 e. The van der Waals surface area contributed by atoms with Gasteiger partial charge in [-0.1, -0.05) is 25.7 Å². The molecule has 3 rings (SSSR count). The van der Waals surface area contributed by atoms with Crippen molar-refractivity contribution in [2.45, 2.75) is 71.3 Å². The minimum atomic E-state index is 0.138. The quantitative estimate of drug-likeness (QED) is 0.771. The smallest absolute Gasteiger partial charge is 0.227 e. The Hall–Kier alpha value is -1.10. The first kappa shape index (κ1) is 19.7. The normalized spacial score (nSPS) is 25.9. The Labute approximate surface area is 159 Å². The number of nitrogens with zero attached hydrogens (tertiary/aromatic N) is 3. The van der Waals surface area contributed by atoms with Gasteiger partial charge in [0.15, 0.2) is 0 Å². The van der Waals surface area contributed by atoms with Gasteiger partial charge in [0.1, 0.15) is 0 Å². The summed E-state index contributed by atoms with van der Waals surface area (Å²) in [4.78, 5) is 31.7. The molecular formula is C21H37N3O2. The van der Waals surface area contributed by atoms with Crippen LogP contribution in [0, 0.1) is 11.8 Å². The molecule has 5 nitrogen and oxygen atoms in total. The maximum absolute atomic E-state index is 12.8. The van der Waals surface area contributed by atoms with E-state index in [0.717, 1.165) is 31.8 Å². The standard InChI is InChI=1S/C21H37N3O2/c1-21(2,3)24-11-10-18(16-24)20(26)23-14-12-22(13-15-23)19(25)9-8-17-6-4-5-7-17/h17-18H,4-16H2,1-3H3. The molecule has 0 N–H and O–H groups in total. The van der Waals surface area contributed by atoms with Crippen molar-refractivity contribution >= 4 is 11.8 Å². The summed E-state index contributed by atoms with van der Waals surface area (Å²) in [5.74, 6) is 1.51. The summed E-state index contributed by atoms with van der Waals surface area (Å²) >= 11 is 0. The molecule has 0 spiro atoms. The zero-order valence-corrected chi connectivity index (χ0v) is 17.0. The van der Waals surface area contributed by atoms with Crippen molar-refractivity contribution in [2.75, 3.05) is 39.3 Å². The molecule has 3 fully saturated rings. The van der Waals surface area contributed by atoms with Crippen molar-refractivity contribution < 1.29 is 9.59 Å². The summed E-state index contributed by atoms with van der Waals surface area (Å²) in [6.07, 6.45) is 8.02. The molecule has 0 radical (unpaired) electrons. The van der Waals surface area contributed by atoms with E-state index in [0.29, 0.717) is 44.4 Å². The summed E-state index contributed by atoms with van der Waals surface area (Å²) in [6.45, 7) is 11.4. The summed E-state index contributed by atoms with van der Waals surface area (Å²) in [5.41, 5.74) is 0.138. The number of piperazine rings is 1. The first-order valence-electron chi connectivity index (χ1n) is 10.7. The van der Waals surface area contributed by atoms with Crippen molar-refractivity contribution in [1.29, 1.82) is 0 Å². The molecule has 2 saturated heterocycles. The van der Waals surface area contributed by atoms with E-state index in [1.165, 1.54) is 25.7 Å². The molecule has 5 heteroatoms. The largest absolute Gasteiger partial charge is 0.339 e. The molecule has 3 aliphatic rings. The van der Waals surface area contributed by atoms with Gasteiger partial charge in [0.05, 0.1) is 5.92 Å². The van der Waals surface area contributed by atoms with E-state index in [9.17, 15) is 9.59 Å². The lowest BCUT2D eigenvalue weighted by molar-refractivity contribution is -0.142. The number of carbonyl (C=O) groups is 2. The van der Waals surface area contributed by atoms with Crippen LogP contribution in [0.1, 0.15) is 65.7 Å². The fourth-order valence-corrected chi connectivity index (χ4v) is 4.79. The Balaban J connectivity index is 1.40. The van der Waals surface area contributed by atoms with E-state index in [1.54, 1.807) is 0 Å². The molecule has 0 bridgehead atoms. The Morgan fingerprint density at radius 1 is 0.885 bits per heavy atom. The number of carbonyl (C=O) groups excluding carboxylic acids is 2. The number of amides is 2. The van der Waals surface area contributed by atoms with Crippen molar-refractivity contribution in [3.05, 3.63) is 0 Å². The Bertz CT molecular complexity index is 500. The molecule has 0 aromatic rings. The predicted molar refractivity (Wildman–Crippen MR) is 104 cm³/mol. The fraction of sp³-hybridized carbons (Fsp3) is 0.905. The van der Waals surface area contributed by atoms with Gasteiger partial charge < -0.3 is 9.80 Å². The highest BCUT2D eigenvalue weighted by Crippen LogP contribution is 2.29. The van der Waals surface area contributed by atoms with Crippen LogP contribution in [0.15, 0.2) is 0 Å². The number of likely N-dealkylation sites (tertiary alicyclic amines) is 1. The second-order valence-electron chi connectivity index (χ2n) is 9.50. The minimum absolute atomic E-state index is 0.138. The highest BCUT2D eigenvalue weighted by atomic mass is 16.2. The average Bonchev–Trinajstić information content (AvgIpc) is 3.30. The lowest BCUT2D eigenvalue weighted by Crippen LogP contribution is -2.52. The van der Waals surface area contributed by atoms with E-state index < -0.39 is 0 Å². The lowest BCUT2D eigenvalue weighted by Gasteiger charge is -2.36. The van der Waals surface area contributed by atoms with Gasteiger partial charge >= 0.3 is 0 Å². The Kier molecular flexibility index (Phi) is 6.26. The van der Waals surface area contributed by atoms with E-state index in [2.05, 4.69) is 25.7 Å². The molecule has 2 amide bonds. The zero-order valence-electron chi connectivity index (χ0n) is 17.0. The maximum atomic E-state index is 12.8. The van der Waals surface area contributed by atoms with Crippen LogP contribution in [0.4, 0.5) is 0 Å². The van der Waals surface area contributed by atoms with Gasteiger partial charge in [0.25, 0.3) is 0 Å². The molecule has 1 saturated carbocycles. The van der Waals surface area contributed by atoms with Crippen LogP contribution in [0.5, 0.6) is 0 Å². The van der Waals surface area contributed by atoms with Crippen LogP contribution in [0.2, 0.25) is 0 Å². The van der Waals surface area contributed by atoms with Crippen LogP contribution < -0.4 is 0 Å². The van der Waals surface area contributed by atoms with Gasteiger partial charge in [0, 0.05) is 44.7 Å². The minimum Gasteiger partial charge on any atom is -0.339 e. The second kappa shape index (κ2) is 8.28. The summed E-state index contributed by atoms with van der Waals surface area (Å²) in [5, 5.41) is 0. The van der Waals surface area contributed by atoms with Crippen molar-refractivity contribution in [1.82, 2.24) is 14.7 Å². The lowest BCUT2D eigenvalue weighted by atomic mass is 10.0. The summed E-state index contributed by atoms with van der Waals surface area (Å²) in [6, 6.07) is 0. The molecule has 2 aliphatic heterocycles. The third-order valence-corrected chi connectivity index (χ3v) is 6.67. The molecule has 1 atom stereocenters. The van der Waals surface area contributed by atoms with Crippen molar-refractivity contribution in [3.63, 3.8) is 0 Å². The molecule has 0 aromatic heterocycles. The topological polar surface area (TPSA) is 43.9 Å². The SMILES string of the molecule is CC(C)(C)N1CCC(C(=O)N2CCN(C(=O)CCC3CCCC3)CC2)C1. The molecule has 1 aliphatic carbocycles. The highest BCUT2D eigenvalue weighted by Gasteiger charge is 2.36. The first-order valence-corrected chi connectivity index (χ1v) is 10.7. The molecule has 0 aromatic carbocycles. The third kappa shape index (κ3) is 4.79. The number of rotatable bonds is 4. The Morgan fingerprint density at radius 2 is 1.50 bits per heavy atom. The highest BCUT2D eigenvalue weighted by molar-refractivity contribution is 5.80. The van der Waals surface area contributed by atoms with E-state index in [4.69, 9.17) is 0 Å². The van der Waals surface area contributed by atoms with Gasteiger partial charge in [-0.2, -0.15) is 0 Å². The van der Waals surface area contributed by atoms with Gasteiger partial charge in [-0.25, -0.2) is 0 Å². The van der Waals surface area contributed by atoms with Crippen LogP contribution >= 0.6 is 0 Å². The molecule has 26 heavy (non-hydrogen) atoms. The molecule has 2 heterocycles. The van der Waals surface area contributed by atoms with Gasteiger partial charge in [-0.05, 0) is 46.1 Å². The zero-order chi connectivity index (χ0) is 18.7. The monoisotopic (exact) mass is 363 g/mol. The van der Waals surface area contributed by atoms with Crippen LogP contribution in [0.3, 0.4) is 0 Å². The average molecular weight is 364 g/mol. The summed E-state index contributed by atoms with van der Waals surface area (Å²) in [7, 11) is 0. The predicted octanol–water partition coefficient (Wildman–Crippen LogP) is 2.75. The number of hydrogen-bond acceptors (Lipinski definition) is 3. The molecule has 1 unspecified atom stereocenters. The van der Waals surface area contributed by atoms with Crippen molar-refractivity contribution in [2.24, 2.45) is 11.8 Å². The molecular weight excluding hydrogens is 326 g/mol. The van der Waals surface area contributed by atoms with E-state index >= 15 is 0 Å². The first-order chi connectivity index (χ1) is 12.3. The van der Waals surface area contributed by atoms with Crippen LogP contribution in [-0.4, -0.2) is 71.3 Å². The van der Waals surface area contributed by atoms with Gasteiger partial charge in [0.2, 0.25) is 11.8 Å². The van der Waals surface area contributed by atoms with E-state index in [-0.39, 0.29) is 11.5 Å². The summed E-state index contributed by atoms with van der Waals surface area (Å²) < 4.78 is 0. The number of hydrogen-bond donors (Lipinski definition) is 0.